The van der Waals surface area contributed by atoms with Crippen molar-refractivity contribution in [3.05, 3.63) is 59.2 Å². The van der Waals surface area contributed by atoms with E-state index in [4.69, 9.17) is 4.74 Å². The predicted molar refractivity (Wildman–Crippen MR) is 116 cm³/mol. The highest BCUT2D eigenvalue weighted by Crippen LogP contribution is 2.35. The molecule has 1 amide bonds. The Hall–Kier alpha value is -2.82. The molecule has 0 saturated carbocycles. The molecule has 0 fully saturated rings. The Morgan fingerprint density at radius 1 is 0.897 bits per heavy atom. The van der Waals surface area contributed by atoms with Crippen molar-refractivity contribution in [1.82, 2.24) is 0 Å². The monoisotopic (exact) mass is 397 g/mol. The second-order valence-electron chi connectivity index (χ2n) is 9.12. The van der Waals surface area contributed by atoms with E-state index in [0.29, 0.717) is 17.0 Å². The maximum Gasteiger partial charge on any atom is 0.337 e. The fourth-order valence-corrected chi connectivity index (χ4v) is 2.86. The van der Waals surface area contributed by atoms with Gasteiger partial charge in [-0.15, -0.1) is 0 Å². The molecule has 5 nitrogen and oxygen atoms in total. The Morgan fingerprint density at radius 3 is 2.03 bits per heavy atom. The first-order valence-corrected chi connectivity index (χ1v) is 9.68. The number of hydrogen-bond acceptors (Lipinski definition) is 4. The zero-order valence-electron chi connectivity index (χ0n) is 18.4. The average molecular weight is 398 g/mol. The van der Waals surface area contributed by atoms with Gasteiger partial charge in [0.1, 0.15) is 5.75 Å². The van der Waals surface area contributed by atoms with Gasteiger partial charge in [0.2, 0.25) is 0 Å². The number of nitrogens with one attached hydrogen (secondary N) is 1. The van der Waals surface area contributed by atoms with Gasteiger partial charge in [-0.1, -0.05) is 53.7 Å². The average Bonchev–Trinajstić information content (AvgIpc) is 2.64. The Balaban J connectivity index is 2.08. The van der Waals surface area contributed by atoms with Gasteiger partial charge in [0.15, 0.2) is 6.61 Å². The smallest absolute Gasteiger partial charge is 0.337 e. The molecule has 2 rings (SSSR count). The van der Waals surface area contributed by atoms with E-state index in [1.54, 1.807) is 24.3 Å². The second-order valence-corrected chi connectivity index (χ2v) is 9.12. The van der Waals surface area contributed by atoms with Crippen LogP contribution in [0.4, 0.5) is 5.69 Å². The molecular weight excluding hydrogens is 366 g/mol. The highest BCUT2D eigenvalue weighted by molar-refractivity contribution is 5.93. The maximum absolute atomic E-state index is 12.3. The van der Waals surface area contributed by atoms with Crippen LogP contribution in [0.5, 0.6) is 5.75 Å². The summed E-state index contributed by atoms with van der Waals surface area (Å²) in [5.74, 6) is 0.0249. The Morgan fingerprint density at radius 2 is 1.52 bits per heavy atom. The largest absolute Gasteiger partial charge is 0.483 e. The van der Waals surface area contributed by atoms with Gasteiger partial charge in [-0.05, 0) is 52.3 Å². The van der Waals surface area contributed by atoms with E-state index in [9.17, 15) is 9.59 Å². The number of rotatable bonds is 5. The highest BCUT2D eigenvalue weighted by atomic mass is 16.5. The minimum absolute atomic E-state index is 0.0340. The summed E-state index contributed by atoms with van der Waals surface area (Å²) in [5.41, 5.74) is 3.23. The van der Waals surface area contributed by atoms with Gasteiger partial charge in [0, 0.05) is 5.69 Å². The van der Waals surface area contributed by atoms with Crippen LogP contribution >= 0.6 is 0 Å². The van der Waals surface area contributed by atoms with Gasteiger partial charge in [-0.3, -0.25) is 4.79 Å². The molecule has 0 atom stereocenters. The van der Waals surface area contributed by atoms with Crippen molar-refractivity contribution in [1.29, 1.82) is 0 Å². The Labute approximate surface area is 173 Å². The Bertz CT molecular complexity index is 871. The van der Waals surface area contributed by atoms with Crippen LogP contribution in [0.2, 0.25) is 0 Å². The van der Waals surface area contributed by atoms with Crippen LogP contribution in [0.15, 0.2) is 42.5 Å². The summed E-state index contributed by atoms with van der Waals surface area (Å²) < 4.78 is 10.5. The lowest BCUT2D eigenvalue weighted by Crippen LogP contribution is -2.22. The summed E-state index contributed by atoms with van der Waals surface area (Å²) in [7, 11) is 1.33. The van der Waals surface area contributed by atoms with Gasteiger partial charge >= 0.3 is 5.97 Å². The van der Waals surface area contributed by atoms with Crippen molar-refractivity contribution in [3.8, 4) is 5.75 Å². The number of carbonyl (C=O) groups is 2. The first kappa shape index (κ1) is 22.5. The van der Waals surface area contributed by atoms with E-state index in [2.05, 4.69) is 57.7 Å². The van der Waals surface area contributed by atoms with Gasteiger partial charge < -0.3 is 14.8 Å². The summed E-state index contributed by atoms with van der Waals surface area (Å²) in [6, 6.07) is 12.7. The standard InChI is InChI=1S/C24H31NO4/c1-23(2,3)17-10-13-20(19(14-17)24(4,5)6)29-15-21(26)25-18-11-8-16(9-12-18)22(27)28-7/h8-14H,15H2,1-7H3,(H,25,26). The number of anilines is 1. The molecule has 5 heteroatoms. The van der Waals surface area contributed by atoms with E-state index >= 15 is 0 Å². The van der Waals surface area contributed by atoms with Crippen molar-refractivity contribution < 1.29 is 19.1 Å². The summed E-state index contributed by atoms with van der Waals surface area (Å²) >= 11 is 0. The van der Waals surface area contributed by atoms with Crippen molar-refractivity contribution in [2.75, 3.05) is 19.0 Å². The number of ether oxygens (including phenoxy) is 2. The number of methoxy groups -OCH3 is 1. The van der Waals surface area contributed by atoms with E-state index in [0.717, 1.165) is 5.56 Å². The fraction of sp³-hybridized carbons (Fsp3) is 0.417. The summed E-state index contributed by atoms with van der Waals surface area (Å²) in [4.78, 5) is 23.8. The van der Waals surface area contributed by atoms with Gasteiger partial charge in [-0.2, -0.15) is 0 Å². The zero-order valence-corrected chi connectivity index (χ0v) is 18.4. The molecule has 0 spiro atoms. The van der Waals surface area contributed by atoms with Crippen molar-refractivity contribution in [3.63, 3.8) is 0 Å². The summed E-state index contributed by atoms with van der Waals surface area (Å²) in [6.07, 6.45) is 0. The molecular formula is C24H31NO4. The molecule has 0 radical (unpaired) electrons. The molecule has 0 aliphatic carbocycles. The topological polar surface area (TPSA) is 64.6 Å². The lowest BCUT2D eigenvalue weighted by Gasteiger charge is -2.27. The van der Waals surface area contributed by atoms with Crippen LogP contribution in [0.3, 0.4) is 0 Å². The highest BCUT2D eigenvalue weighted by Gasteiger charge is 2.23. The molecule has 29 heavy (non-hydrogen) atoms. The van der Waals surface area contributed by atoms with Crippen LogP contribution in [0.25, 0.3) is 0 Å². The summed E-state index contributed by atoms with van der Waals surface area (Å²) in [5, 5.41) is 2.77. The van der Waals surface area contributed by atoms with Gasteiger partial charge in [-0.25, -0.2) is 4.79 Å². The quantitative estimate of drug-likeness (QED) is 0.714. The number of hydrogen-bond donors (Lipinski definition) is 1. The molecule has 0 aromatic heterocycles. The maximum atomic E-state index is 12.3. The van der Waals surface area contributed by atoms with E-state index < -0.39 is 5.97 Å². The molecule has 1 N–H and O–H groups in total. The van der Waals surface area contributed by atoms with E-state index in [1.165, 1.54) is 12.7 Å². The van der Waals surface area contributed by atoms with Gasteiger partial charge in [0.25, 0.3) is 5.91 Å². The lowest BCUT2D eigenvalue weighted by atomic mass is 9.80. The van der Waals surface area contributed by atoms with Crippen molar-refractivity contribution in [2.24, 2.45) is 0 Å². The van der Waals surface area contributed by atoms with E-state index in [-0.39, 0.29) is 23.3 Å². The third-order valence-electron chi connectivity index (χ3n) is 4.60. The van der Waals surface area contributed by atoms with Gasteiger partial charge in [0.05, 0.1) is 12.7 Å². The zero-order chi connectivity index (χ0) is 21.8. The summed E-state index contributed by atoms with van der Waals surface area (Å²) in [6.45, 7) is 12.8. The minimum Gasteiger partial charge on any atom is -0.483 e. The second kappa shape index (κ2) is 8.68. The first-order valence-electron chi connectivity index (χ1n) is 9.68. The molecule has 156 valence electrons. The molecule has 2 aromatic carbocycles. The number of carbonyl (C=O) groups excluding carboxylic acids is 2. The normalized spacial score (nSPS) is 11.7. The first-order chi connectivity index (χ1) is 13.4. The van der Waals surface area contributed by atoms with Crippen molar-refractivity contribution in [2.45, 2.75) is 52.4 Å². The molecule has 0 aliphatic heterocycles. The number of esters is 1. The van der Waals surface area contributed by atoms with Crippen LogP contribution in [-0.4, -0.2) is 25.6 Å². The lowest BCUT2D eigenvalue weighted by molar-refractivity contribution is -0.118. The van der Waals surface area contributed by atoms with Crippen LogP contribution in [-0.2, 0) is 20.4 Å². The third kappa shape index (κ3) is 6.08. The minimum atomic E-state index is -0.417. The molecule has 0 bridgehead atoms. The molecule has 0 heterocycles. The molecule has 2 aromatic rings. The third-order valence-corrected chi connectivity index (χ3v) is 4.60. The van der Waals surface area contributed by atoms with Crippen LogP contribution in [0, 0.1) is 0 Å². The molecule has 0 aliphatic rings. The van der Waals surface area contributed by atoms with E-state index in [1.807, 2.05) is 12.1 Å². The number of amides is 1. The molecule has 0 unspecified atom stereocenters. The van der Waals surface area contributed by atoms with Crippen LogP contribution < -0.4 is 10.1 Å². The Kier molecular flexibility index (Phi) is 6.73. The fourth-order valence-electron chi connectivity index (χ4n) is 2.86. The number of benzene rings is 2. The SMILES string of the molecule is COC(=O)c1ccc(NC(=O)COc2ccc(C(C)(C)C)cc2C(C)(C)C)cc1. The van der Waals surface area contributed by atoms with Crippen molar-refractivity contribution >= 4 is 17.6 Å². The predicted octanol–water partition coefficient (Wildman–Crippen LogP) is 5.09. The van der Waals surface area contributed by atoms with Crippen LogP contribution in [0.1, 0.15) is 63.0 Å². The molecule has 0 saturated heterocycles.